The first kappa shape index (κ1) is 28.6. The molecule has 4 heterocycles. The van der Waals surface area contributed by atoms with Gasteiger partial charge in [-0.1, -0.05) is 115 Å². The molecule has 6 nitrogen and oxygen atoms in total. The third kappa shape index (κ3) is 4.44. The van der Waals surface area contributed by atoms with Gasteiger partial charge in [-0.2, -0.15) is 0 Å². The van der Waals surface area contributed by atoms with E-state index < -0.39 is 0 Å². The van der Waals surface area contributed by atoms with Crippen LogP contribution in [-0.4, -0.2) is 14.5 Å². The van der Waals surface area contributed by atoms with E-state index in [1.165, 1.54) is 10.8 Å². The Labute approximate surface area is 297 Å². The molecular formula is C46H27N3O3. The summed E-state index contributed by atoms with van der Waals surface area (Å²) in [6.07, 6.45) is 0. The lowest BCUT2D eigenvalue weighted by molar-refractivity contribution is 0.360. The van der Waals surface area contributed by atoms with Crippen LogP contribution in [0.3, 0.4) is 0 Å². The molecule has 244 valence electrons. The van der Waals surface area contributed by atoms with Crippen LogP contribution in [0.25, 0.3) is 83.3 Å². The molecule has 10 aromatic rings. The molecule has 0 spiro atoms. The zero-order valence-corrected chi connectivity index (χ0v) is 27.7. The molecule has 0 saturated carbocycles. The Balaban J connectivity index is 1.15. The minimum Gasteiger partial charge on any atom is -0.452 e. The van der Waals surface area contributed by atoms with Crippen molar-refractivity contribution in [2.45, 2.75) is 0 Å². The minimum absolute atomic E-state index is 0.577. The van der Waals surface area contributed by atoms with E-state index in [1.807, 2.05) is 84.9 Å². The lowest BCUT2D eigenvalue weighted by Gasteiger charge is -2.21. The minimum atomic E-state index is 0.577. The Bertz CT molecular complexity index is 3020. The van der Waals surface area contributed by atoms with Crippen LogP contribution in [0.5, 0.6) is 23.0 Å². The number of aromatic nitrogens is 3. The van der Waals surface area contributed by atoms with Crippen molar-refractivity contribution in [3.63, 3.8) is 0 Å². The Morgan fingerprint density at radius 1 is 0.442 bits per heavy atom. The largest absolute Gasteiger partial charge is 0.452 e. The third-order valence-corrected chi connectivity index (χ3v) is 9.89. The van der Waals surface area contributed by atoms with Crippen molar-refractivity contribution in [1.29, 1.82) is 0 Å². The molecule has 3 aromatic heterocycles. The second-order valence-electron chi connectivity index (χ2n) is 13.0. The van der Waals surface area contributed by atoms with Gasteiger partial charge in [0.2, 0.25) is 5.95 Å². The maximum Gasteiger partial charge on any atom is 0.236 e. The molecule has 0 N–H and O–H groups in total. The van der Waals surface area contributed by atoms with Crippen molar-refractivity contribution < 1.29 is 13.9 Å². The molecule has 1 aliphatic rings. The summed E-state index contributed by atoms with van der Waals surface area (Å²) in [4.78, 5) is 10.5. The van der Waals surface area contributed by atoms with Gasteiger partial charge < -0.3 is 13.9 Å². The summed E-state index contributed by atoms with van der Waals surface area (Å²) in [5.41, 5.74) is 8.21. The van der Waals surface area contributed by atoms with Crippen molar-refractivity contribution in [1.82, 2.24) is 14.5 Å². The van der Waals surface area contributed by atoms with E-state index in [4.69, 9.17) is 23.9 Å². The molecule has 1 aliphatic heterocycles. The van der Waals surface area contributed by atoms with Gasteiger partial charge >= 0.3 is 0 Å². The monoisotopic (exact) mass is 669 g/mol. The van der Waals surface area contributed by atoms with E-state index in [-0.39, 0.29) is 0 Å². The van der Waals surface area contributed by atoms with Gasteiger partial charge in [0.1, 0.15) is 17.0 Å². The summed E-state index contributed by atoms with van der Waals surface area (Å²) in [5.74, 6) is 4.13. The van der Waals surface area contributed by atoms with E-state index in [1.54, 1.807) is 0 Å². The quantitative estimate of drug-likeness (QED) is 0.187. The molecule has 0 aliphatic carbocycles. The van der Waals surface area contributed by atoms with Gasteiger partial charge in [0.05, 0.1) is 11.0 Å². The Morgan fingerprint density at radius 3 is 1.92 bits per heavy atom. The second kappa shape index (κ2) is 11.2. The zero-order chi connectivity index (χ0) is 34.2. The lowest BCUT2D eigenvalue weighted by Crippen LogP contribution is -2.02. The van der Waals surface area contributed by atoms with E-state index in [0.29, 0.717) is 34.5 Å². The Kier molecular flexibility index (Phi) is 6.15. The normalized spacial score (nSPS) is 12.2. The first-order valence-corrected chi connectivity index (χ1v) is 17.2. The summed E-state index contributed by atoms with van der Waals surface area (Å²) in [5, 5.41) is 4.58. The van der Waals surface area contributed by atoms with Gasteiger partial charge in [0, 0.05) is 28.0 Å². The highest BCUT2D eigenvalue weighted by Gasteiger charge is 2.23. The summed E-state index contributed by atoms with van der Waals surface area (Å²) in [6, 6.07) is 55.6. The average Bonchev–Trinajstić information content (AvgIpc) is 3.79. The Morgan fingerprint density at radius 2 is 1.10 bits per heavy atom. The first-order chi connectivity index (χ1) is 25.7. The molecular weight excluding hydrogens is 643 g/mol. The topological polar surface area (TPSA) is 62.3 Å². The van der Waals surface area contributed by atoms with Crippen LogP contribution in [0, 0.1) is 0 Å². The highest BCUT2D eigenvalue weighted by atomic mass is 16.6. The molecule has 0 atom stereocenters. The summed E-state index contributed by atoms with van der Waals surface area (Å²) in [6.45, 7) is 0. The SMILES string of the molecule is c1ccc(-c2cc3nc(-n4c5ccc(-c6ccc7c(c6)Oc6ccccc6O7)cc5c5c6ccccc6ccc54)nc(-c4ccccc4)c3o2)cc1. The van der Waals surface area contributed by atoms with Gasteiger partial charge in [-0.25, -0.2) is 9.97 Å². The molecule has 11 rings (SSSR count). The number of nitrogens with zero attached hydrogens (tertiary/aromatic N) is 3. The second-order valence-corrected chi connectivity index (χ2v) is 13.0. The van der Waals surface area contributed by atoms with Crippen molar-refractivity contribution in [2.24, 2.45) is 0 Å². The van der Waals surface area contributed by atoms with E-state index >= 15 is 0 Å². The van der Waals surface area contributed by atoms with E-state index in [2.05, 4.69) is 83.4 Å². The predicted molar refractivity (Wildman–Crippen MR) is 207 cm³/mol. The summed E-state index contributed by atoms with van der Waals surface area (Å²) < 4.78 is 21.1. The summed E-state index contributed by atoms with van der Waals surface area (Å²) >= 11 is 0. The molecule has 0 radical (unpaired) electrons. The van der Waals surface area contributed by atoms with Crippen LogP contribution in [-0.2, 0) is 0 Å². The molecule has 7 aromatic carbocycles. The Hall–Kier alpha value is -7.18. The van der Waals surface area contributed by atoms with Crippen LogP contribution in [0.1, 0.15) is 0 Å². The maximum atomic E-state index is 6.51. The van der Waals surface area contributed by atoms with Crippen LogP contribution < -0.4 is 9.47 Å². The van der Waals surface area contributed by atoms with Crippen LogP contribution in [0.4, 0.5) is 0 Å². The van der Waals surface area contributed by atoms with Gasteiger partial charge in [0.25, 0.3) is 0 Å². The van der Waals surface area contributed by atoms with Gasteiger partial charge in [-0.3, -0.25) is 4.57 Å². The first-order valence-electron chi connectivity index (χ1n) is 17.2. The molecule has 0 unspecified atom stereocenters. The number of hydrogen-bond acceptors (Lipinski definition) is 5. The summed E-state index contributed by atoms with van der Waals surface area (Å²) in [7, 11) is 0. The smallest absolute Gasteiger partial charge is 0.236 e. The standard InChI is InChI=1S/C46H27N3O3/c1-3-12-29(13-4-1)41-27-35-45(52-41)44(30-14-5-2-6-15-30)48-46(47-35)49-36-22-20-31(25-34(36)43-33-16-8-7-11-28(33)19-23-37(43)49)32-21-24-40-42(26-32)51-39-18-10-9-17-38(39)50-40/h1-27H. The fraction of sp³-hybridized carbons (Fsp3) is 0. The number of para-hydroxylation sites is 2. The van der Waals surface area contributed by atoms with Crippen LogP contribution in [0.2, 0.25) is 0 Å². The molecule has 0 saturated heterocycles. The molecule has 52 heavy (non-hydrogen) atoms. The van der Waals surface area contributed by atoms with E-state index in [0.717, 1.165) is 61.0 Å². The fourth-order valence-electron chi connectivity index (χ4n) is 7.45. The number of furan rings is 1. The molecule has 0 amide bonds. The van der Waals surface area contributed by atoms with Crippen molar-refractivity contribution in [3.05, 3.63) is 164 Å². The van der Waals surface area contributed by atoms with E-state index in [9.17, 15) is 0 Å². The molecule has 6 heteroatoms. The zero-order valence-electron chi connectivity index (χ0n) is 27.7. The van der Waals surface area contributed by atoms with Gasteiger partial charge in [-0.15, -0.1) is 0 Å². The fourth-order valence-corrected chi connectivity index (χ4v) is 7.45. The lowest BCUT2D eigenvalue weighted by atomic mass is 10.00. The van der Waals surface area contributed by atoms with Gasteiger partial charge in [-0.05, 0) is 64.4 Å². The van der Waals surface area contributed by atoms with Crippen LogP contribution >= 0.6 is 0 Å². The van der Waals surface area contributed by atoms with Crippen molar-refractivity contribution in [3.8, 4) is 62.7 Å². The number of benzene rings is 7. The third-order valence-electron chi connectivity index (χ3n) is 9.89. The van der Waals surface area contributed by atoms with Crippen molar-refractivity contribution in [2.75, 3.05) is 0 Å². The number of hydrogen-bond donors (Lipinski definition) is 0. The van der Waals surface area contributed by atoms with Crippen molar-refractivity contribution >= 4 is 43.7 Å². The number of ether oxygens (including phenoxy) is 2. The molecule has 0 fully saturated rings. The highest BCUT2D eigenvalue weighted by Crippen LogP contribution is 2.47. The van der Waals surface area contributed by atoms with Gasteiger partial charge in [0.15, 0.2) is 28.6 Å². The molecule has 0 bridgehead atoms. The number of rotatable bonds is 4. The predicted octanol–water partition coefficient (Wildman–Crippen LogP) is 12.4. The highest BCUT2D eigenvalue weighted by molar-refractivity contribution is 6.21. The number of fused-ring (bicyclic) bond motifs is 8. The maximum absolute atomic E-state index is 6.51. The van der Waals surface area contributed by atoms with Crippen LogP contribution in [0.15, 0.2) is 168 Å². The average molecular weight is 670 g/mol.